The summed E-state index contributed by atoms with van der Waals surface area (Å²) in [5, 5.41) is 13.8. The molecule has 1 aliphatic heterocycles. The first-order valence-corrected chi connectivity index (χ1v) is 11.9. The minimum Gasteiger partial charge on any atom is -0.478 e. The number of hydrogen-bond acceptors (Lipinski definition) is 3. The van der Waals surface area contributed by atoms with E-state index in [4.69, 9.17) is 12.2 Å². The Morgan fingerprint density at radius 2 is 1.91 bits per heavy atom. The largest absolute Gasteiger partial charge is 0.478 e. The molecule has 2 aromatic heterocycles. The zero-order valence-corrected chi connectivity index (χ0v) is 19.7. The Balaban J connectivity index is 1.63. The first-order valence-electron chi connectivity index (χ1n) is 11.5. The Labute approximate surface area is 199 Å². The van der Waals surface area contributed by atoms with Gasteiger partial charge in [-0.1, -0.05) is 25.0 Å². The van der Waals surface area contributed by atoms with E-state index in [9.17, 15) is 9.90 Å². The number of aromatic nitrogens is 2. The van der Waals surface area contributed by atoms with Crippen LogP contribution in [0.3, 0.4) is 0 Å². The zero-order valence-electron chi connectivity index (χ0n) is 18.9. The number of aromatic carboxylic acids is 1. The third-order valence-electron chi connectivity index (χ3n) is 6.99. The predicted octanol–water partition coefficient (Wildman–Crippen LogP) is 5.10. The van der Waals surface area contributed by atoms with Crippen LogP contribution in [0.15, 0.2) is 54.7 Å². The van der Waals surface area contributed by atoms with E-state index in [1.54, 1.807) is 18.2 Å². The lowest BCUT2D eigenvalue weighted by Crippen LogP contribution is -2.37. The maximum absolute atomic E-state index is 11.5. The van der Waals surface area contributed by atoms with Gasteiger partial charge in [-0.25, -0.2) is 4.79 Å². The van der Waals surface area contributed by atoms with Crippen molar-refractivity contribution in [2.75, 3.05) is 0 Å². The van der Waals surface area contributed by atoms with Gasteiger partial charge >= 0.3 is 5.97 Å². The molecule has 1 saturated carbocycles. The highest BCUT2D eigenvalue weighted by molar-refractivity contribution is 7.80. The number of thiocarbonyl (C=S) groups is 1. The third kappa shape index (κ3) is 3.80. The monoisotopic (exact) mass is 460 g/mol. The van der Waals surface area contributed by atoms with Crippen LogP contribution in [0.2, 0.25) is 0 Å². The molecular weight excluding hydrogens is 432 g/mol. The number of hydrogen-bond donors (Lipinski definition) is 2. The molecule has 2 fully saturated rings. The predicted molar refractivity (Wildman–Crippen MR) is 132 cm³/mol. The number of carboxylic acid groups (broad SMARTS) is 1. The molecule has 0 radical (unpaired) electrons. The van der Waals surface area contributed by atoms with Gasteiger partial charge in [-0.15, -0.1) is 0 Å². The van der Waals surface area contributed by atoms with Gasteiger partial charge in [0.1, 0.15) is 0 Å². The molecule has 5 rings (SSSR count). The van der Waals surface area contributed by atoms with Crippen LogP contribution in [0.25, 0.3) is 5.69 Å². The summed E-state index contributed by atoms with van der Waals surface area (Å²) < 4.78 is 2.14. The Bertz CT molecular complexity index is 1200. The van der Waals surface area contributed by atoms with E-state index < -0.39 is 5.97 Å². The van der Waals surface area contributed by atoms with E-state index in [-0.39, 0.29) is 17.6 Å². The summed E-state index contributed by atoms with van der Waals surface area (Å²) >= 11 is 5.87. The molecule has 1 saturated heterocycles. The molecule has 33 heavy (non-hydrogen) atoms. The molecule has 6 nitrogen and oxygen atoms in total. The van der Waals surface area contributed by atoms with Gasteiger partial charge in [-0.2, -0.15) is 0 Å². The first-order chi connectivity index (χ1) is 16.0. The maximum Gasteiger partial charge on any atom is 0.335 e. The van der Waals surface area contributed by atoms with Crippen LogP contribution in [-0.2, 0) is 0 Å². The van der Waals surface area contributed by atoms with Crippen molar-refractivity contribution in [3.63, 3.8) is 0 Å². The summed E-state index contributed by atoms with van der Waals surface area (Å²) in [6.07, 6.45) is 6.58. The number of nitrogens with zero attached hydrogens (tertiary/aromatic N) is 3. The van der Waals surface area contributed by atoms with Crippen LogP contribution in [-0.4, -0.2) is 36.7 Å². The zero-order chi connectivity index (χ0) is 23.1. The minimum absolute atomic E-state index is 0.0260. The first kappa shape index (κ1) is 21.6. The van der Waals surface area contributed by atoms with E-state index >= 15 is 0 Å². The van der Waals surface area contributed by atoms with Gasteiger partial charge in [-0.3, -0.25) is 4.98 Å². The van der Waals surface area contributed by atoms with Crippen molar-refractivity contribution in [3.05, 3.63) is 82.9 Å². The van der Waals surface area contributed by atoms with Gasteiger partial charge in [0, 0.05) is 29.3 Å². The van der Waals surface area contributed by atoms with E-state index in [0.29, 0.717) is 6.04 Å². The van der Waals surface area contributed by atoms with Crippen LogP contribution in [0.1, 0.15) is 70.8 Å². The van der Waals surface area contributed by atoms with Crippen molar-refractivity contribution in [1.82, 2.24) is 19.8 Å². The molecule has 2 atom stereocenters. The molecule has 3 aromatic rings. The summed E-state index contributed by atoms with van der Waals surface area (Å²) in [5.74, 6) is -0.924. The van der Waals surface area contributed by atoms with E-state index in [0.717, 1.165) is 40.7 Å². The number of pyridine rings is 1. The number of aryl methyl sites for hydroxylation is 1. The Kier molecular flexibility index (Phi) is 5.66. The average molecular weight is 461 g/mol. The fourth-order valence-corrected chi connectivity index (χ4v) is 5.93. The third-order valence-corrected chi connectivity index (χ3v) is 7.32. The summed E-state index contributed by atoms with van der Waals surface area (Å²) in [4.78, 5) is 18.6. The quantitative estimate of drug-likeness (QED) is 0.516. The minimum atomic E-state index is -0.924. The summed E-state index contributed by atoms with van der Waals surface area (Å²) in [6, 6.07) is 15.7. The highest BCUT2D eigenvalue weighted by Crippen LogP contribution is 2.44. The molecule has 2 N–H and O–H groups in total. The molecule has 2 aliphatic rings. The molecular formula is C26H28N4O2S. The van der Waals surface area contributed by atoms with Gasteiger partial charge < -0.3 is 19.9 Å². The normalized spacial score (nSPS) is 20.9. The van der Waals surface area contributed by atoms with Crippen molar-refractivity contribution in [2.24, 2.45) is 0 Å². The fraction of sp³-hybridized carbons (Fsp3) is 0.346. The lowest BCUT2D eigenvalue weighted by atomic mass is 9.95. The smallest absolute Gasteiger partial charge is 0.335 e. The van der Waals surface area contributed by atoms with Crippen molar-refractivity contribution < 1.29 is 9.90 Å². The maximum atomic E-state index is 11.5. The molecule has 7 heteroatoms. The van der Waals surface area contributed by atoms with Crippen LogP contribution in [0.5, 0.6) is 0 Å². The lowest BCUT2D eigenvalue weighted by Gasteiger charge is -2.33. The fourth-order valence-electron chi connectivity index (χ4n) is 5.54. The molecule has 0 spiro atoms. The van der Waals surface area contributed by atoms with Crippen LogP contribution in [0.4, 0.5) is 0 Å². The number of carbonyl (C=O) groups is 1. The van der Waals surface area contributed by atoms with Crippen LogP contribution >= 0.6 is 12.2 Å². The highest BCUT2D eigenvalue weighted by Gasteiger charge is 2.44. The van der Waals surface area contributed by atoms with Crippen molar-refractivity contribution in [3.8, 4) is 5.69 Å². The number of carboxylic acids is 1. The second-order valence-electron chi connectivity index (χ2n) is 8.99. The van der Waals surface area contributed by atoms with Gasteiger partial charge in [0.15, 0.2) is 5.11 Å². The molecule has 1 aliphatic carbocycles. The standard InChI is InChI=1S/C26H28N4O2S/c1-16-14-21(17(2)29(16)20-11-7-8-18(15-20)25(31)32)24-23(22-12-5-6-13-27-22)28-26(33)30(24)19-9-3-4-10-19/h5-8,11-15,19,23-24H,3-4,9-10H2,1-2H3,(H,28,33)(H,31,32). The second-order valence-corrected chi connectivity index (χ2v) is 9.38. The highest BCUT2D eigenvalue weighted by atomic mass is 32.1. The average Bonchev–Trinajstić information content (AvgIpc) is 3.52. The number of rotatable bonds is 5. The van der Waals surface area contributed by atoms with Gasteiger partial charge in [-0.05, 0) is 80.9 Å². The SMILES string of the molecule is Cc1cc(C2C(c3ccccn3)NC(=S)N2C2CCCC2)c(C)n1-c1cccc(C(=O)O)c1. The van der Waals surface area contributed by atoms with Gasteiger partial charge in [0.25, 0.3) is 0 Å². The Morgan fingerprint density at radius 1 is 1.12 bits per heavy atom. The molecule has 170 valence electrons. The molecule has 2 unspecified atom stereocenters. The van der Waals surface area contributed by atoms with Crippen molar-refractivity contribution in [1.29, 1.82) is 0 Å². The van der Waals surface area contributed by atoms with Gasteiger partial charge in [0.2, 0.25) is 0 Å². The molecule has 0 bridgehead atoms. The second kappa shape index (κ2) is 8.63. The lowest BCUT2D eigenvalue weighted by molar-refractivity contribution is 0.0697. The van der Waals surface area contributed by atoms with Crippen LogP contribution in [0, 0.1) is 13.8 Å². The van der Waals surface area contributed by atoms with Crippen molar-refractivity contribution >= 4 is 23.3 Å². The molecule has 0 amide bonds. The van der Waals surface area contributed by atoms with Crippen molar-refractivity contribution in [2.45, 2.75) is 57.7 Å². The Morgan fingerprint density at radius 3 is 2.61 bits per heavy atom. The topological polar surface area (TPSA) is 70.4 Å². The van der Waals surface area contributed by atoms with E-state index in [2.05, 4.69) is 45.7 Å². The van der Waals surface area contributed by atoms with Crippen LogP contribution < -0.4 is 5.32 Å². The number of benzene rings is 1. The molecule has 1 aromatic carbocycles. The van der Waals surface area contributed by atoms with Gasteiger partial charge in [0.05, 0.1) is 23.3 Å². The summed E-state index contributed by atoms with van der Waals surface area (Å²) in [7, 11) is 0. The van der Waals surface area contributed by atoms with E-state index in [1.807, 2.05) is 24.4 Å². The number of nitrogens with one attached hydrogen (secondary N) is 1. The Hall–Kier alpha value is -3.19. The van der Waals surface area contributed by atoms with E-state index in [1.165, 1.54) is 18.4 Å². The summed E-state index contributed by atoms with van der Waals surface area (Å²) in [5.41, 5.74) is 5.46. The summed E-state index contributed by atoms with van der Waals surface area (Å²) in [6.45, 7) is 4.18. The molecule has 3 heterocycles.